The van der Waals surface area contributed by atoms with Gasteiger partial charge in [-0.1, -0.05) is 0 Å². The van der Waals surface area contributed by atoms with Crippen molar-refractivity contribution in [1.82, 2.24) is 9.80 Å². The predicted molar refractivity (Wildman–Crippen MR) is 70.2 cm³/mol. The van der Waals surface area contributed by atoms with Crippen molar-refractivity contribution in [2.24, 2.45) is 5.73 Å². The molecule has 18 heavy (non-hydrogen) atoms. The number of carbonyl (C=O) groups excluding carboxylic acids is 1. The lowest BCUT2D eigenvalue weighted by molar-refractivity contribution is -0.145. The summed E-state index contributed by atoms with van der Waals surface area (Å²) in [7, 11) is 0. The number of esters is 1. The molecule has 0 aliphatic carbocycles. The Hall–Kier alpha value is -0.650. The molecule has 2 rings (SSSR count). The molecule has 5 nitrogen and oxygen atoms in total. The molecule has 0 aromatic rings. The Balaban J connectivity index is 1.86. The Bertz CT molecular complexity index is 298. The van der Waals surface area contributed by atoms with E-state index in [0.29, 0.717) is 25.2 Å². The van der Waals surface area contributed by atoms with E-state index < -0.39 is 6.04 Å². The topological polar surface area (TPSA) is 58.8 Å². The van der Waals surface area contributed by atoms with E-state index in [-0.39, 0.29) is 5.97 Å². The minimum absolute atomic E-state index is 0.279. The van der Waals surface area contributed by atoms with Crippen LogP contribution in [0.1, 0.15) is 26.7 Å². The van der Waals surface area contributed by atoms with Crippen LogP contribution in [0.3, 0.4) is 0 Å². The largest absolute Gasteiger partial charge is 0.465 e. The third kappa shape index (κ3) is 3.02. The molecule has 3 unspecified atom stereocenters. The molecule has 0 saturated carbocycles. The average molecular weight is 255 g/mol. The third-order valence-corrected chi connectivity index (χ3v) is 4.09. The molecule has 2 N–H and O–H groups in total. The van der Waals surface area contributed by atoms with Gasteiger partial charge in [0.25, 0.3) is 0 Å². The van der Waals surface area contributed by atoms with Gasteiger partial charge in [-0.25, -0.2) is 0 Å². The van der Waals surface area contributed by atoms with Crippen LogP contribution in [0.2, 0.25) is 0 Å². The van der Waals surface area contributed by atoms with Crippen LogP contribution in [0, 0.1) is 0 Å². The highest BCUT2D eigenvalue weighted by atomic mass is 16.5. The number of fused-ring (bicyclic) bond motifs is 1. The molecule has 5 heteroatoms. The SMILES string of the molecule is CCOC(=O)C(N)CN1CC2CCCN2CC1C. The van der Waals surface area contributed by atoms with E-state index in [1.165, 1.54) is 19.4 Å². The molecule has 104 valence electrons. The van der Waals surface area contributed by atoms with Crippen LogP contribution in [-0.4, -0.2) is 66.7 Å². The molecule has 0 spiro atoms. The number of rotatable bonds is 4. The molecule has 2 fully saturated rings. The molecule has 2 saturated heterocycles. The van der Waals surface area contributed by atoms with Crippen LogP contribution in [0.4, 0.5) is 0 Å². The summed E-state index contributed by atoms with van der Waals surface area (Å²) in [6, 6.07) is 0.621. The first kappa shape index (κ1) is 13.8. The first-order chi connectivity index (χ1) is 8.61. The first-order valence-corrected chi connectivity index (χ1v) is 7.02. The van der Waals surface area contributed by atoms with Gasteiger partial charge in [0.2, 0.25) is 0 Å². The fourth-order valence-electron chi connectivity index (χ4n) is 3.08. The molecular formula is C13H25N3O2. The van der Waals surface area contributed by atoms with Gasteiger partial charge in [-0.3, -0.25) is 14.6 Å². The lowest BCUT2D eigenvalue weighted by atomic mass is 10.1. The molecule has 0 amide bonds. The van der Waals surface area contributed by atoms with E-state index >= 15 is 0 Å². The van der Waals surface area contributed by atoms with E-state index in [2.05, 4.69) is 16.7 Å². The normalized spacial score (nSPS) is 31.1. The molecule has 0 aromatic heterocycles. The van der Waals surface area contributed by atoms with Crippen molar-refractivity contribution in [3.8, 4) is 0 Å². The van der Waals surface area contributed by atoms with Crippen LogP contribution in [-0.2, 0) is 9.53 Å². The minimum Gasteiger partial charge on any atom is -0.465 e. The Morgan fingerprint density at radius 1 is 1.50 bits per heavy atom. The molecule has 2 aliphatic rings. The van der Waals surface area contributed by atoms with Gasteiger partial charge in [0.05, 0.1) is 6.61 Å². The summed E-state index contributed by atoms with van der Waals surface area (Å²) in [6.07, 6.45) is 2.58. The van der Waals surface area contributed by atoms with Crippen molar-refractivity contribution in [2.45, 2.75) is 44.8 Å². The van der Waals surface area contributed by atoms with Gasteiger partial charge in [0.1, 0.15) is 6.04 Å². The maximum atomic E-state index is 11.6. The molecule has 2 heterocycles. The molecule has 2 aliphatic heterocycles. The summed E-state index contributed by atoms with van der Waals surface area (Å²) in [5.41, 5.74) is 5.90. The standard InChI is InChI=1S/C13H25N3O2/c1-3-18-13(17)12(14)9-16-8-11-5-4-6-15(11)7-10(16)2/h10-12H,3-9,14H2,1-2H3. The highest BCUT2D eigenvalue weighted by Crippen LogP contribution is 2.24. The lowest BCUT2D eigenvalue weighted by Gasteiger charge is -2.42. The number of hydrogen-bond acceptors (Lipinski definition) is 5. The number of ether oxygens (including phenoxy) is 1. The van der Waals surface area contributed by atoms with Gasteiger partial charge >= 0.3 is 5.97 Å². The lowest BCUT2D eigenvalue weighted by Crippen LogP contribution is -2.58. The van der Waals surface area contributed by atoms with Gasteiger partial charge in [0.15, 0.2) is 0 Å². The molecular weight excluding hydrogens is 230 g/mol. The van der Waals surface area contributed by atoms with Crippen LogP contribution in [0.5, 0.6) is 0 Å². The van der Waals surface area contributed by atoms with Crippen molar-refractivity contribution in [2.75, 3.05) is 32.8 Å². The summed E-state index contributed by atoms with van der Waals surface area (Å²) >= 11 is 0. The zero-order chi connectivity index (χ0) is 13.1. The van der Waals surface area contributed by atoms with E-state index in [1.54, 1.807) is 0 Å². The van der Waals surface area contributed by atoms with Gasteiger partial charge in [-0.05, 0) is 33.2 Å². The van der Waals surface area contributed by atoms with Gasteiger partial charge in [-0.2, -0.15) is 0 Å². The molecule has 0 radical (unpaired) electrons. The smallest absolute Gasteiger partial charge is 0.324 e. The number of nitrogens with zero attached hydrogens (tertiary/aromatic N) is 2. The Morgan fingerprint density at radius 3 is 3.00 bits per heavy atom. The summed E-state index contributed by atoms with van der Waals surface area (Å²) in [4.78, 5) is 16.5. The van der Waals surface area contributed by atoms with E-state index in [9.17, 15) is 4.79 Å². The second-order valence-electron chi connectivity index (χ2n) is 5.45. The average Bonchev–Trinajstić information content (AvgIpc) is 2.76. The number of nitrogens with two attached hydrogens (primary N) is 1. The van der Waals surface area contributed by atoms with Crippen LogP contribution < -0.4 is 5.73 Å². The van der Waals surface area contributed by atoms with Crippen molar-refractivity contribution >= 4 is 5.97 Å². The number of piperazine rings is 1. The quantitative estimate of drug-likeness (QED) is 0.719. The molecule has 3 atom stereocenters. The zero-order valence-electron chi connectivity index (χ0n) is 11.5. The summed E-state index contributed by atoms with van der Waals surface area (Å²) in [5, 5.41) is 0. The Kier molecular flexibility index (Phi) is 4.59. The molecule has 0 bridgehead atoms. The van der Waals surface area contributed by atoms with Gasteiger partial charge in [0, 0.05) is 31.7 Å². The summed E-state index contributed by atoms with van der Waals surface area (Å²) in [5.74, 6) is -0.279. The maximum Gasteiger partial charge on any atom is 0.324 e. The first-order valence-electron chi connectivity index (χ1n) is 7.02. The van der Waals surface area contributed by atoms with Gasteiger partial charge in [-0.15, -0.1) is 0 Å². The van der Waals surface area contributed by atoms with Crippen molar-refractivity contribution < 1.29 is 9.53 Å². The van der Waals surface area contributed by atoms with Crippen molar-refractivity contribution in [3.05, 3.63) is 0 Å². The van der Waals surface area contributed by atoms with E-state index in [4.69, 9.17) is 10.5 Å². The third-order valence-electron chi connectivity index (χ3n) is 4.09. The monoisotopic (exact) mass is 255 g/mol. The Morgan fingerprint density at radius 2 is 2.28 bits per heavy atom. The highest BCUT2D eigenvalue weighted by molar-refractivity contribution is 5.75. The Labute approximate surface area is 109 Å². The van der Waals surface area contributed by atoms with E-state index in [0.717, 1.165) is 13.1 Å². The number of carbonyl (C=O) groups is 1. The second kappa shape index (κ2) is 5.99. The van der Waals surface area contributed by atoms with Crippen molar-refractivity contribution in [1.29, 1.82) is 0 Å². The van der Waals surface area contributed by atoms with Crippen LogP contribution >= 0.6 is 0 Å². The second-order valence-corrected chi connectivity index (χ2v) is 5.45. The van der Waals surface area contributed by atoms with E-state index in [1.807, 2.05) is 6.92 Å². The fourth-order valence-corrected chi connectivity index (χ4v) is 3.08. The predicted octanol–water partition coefficient (Wildman–Crippen LogP) is 0.0453. The van der Waals surface area contributed by atoms with Gasteiger partial charge < -0.3 is 10.5 Å². The molecule has 0 aromatic carbocycles. The highest BCUT2D eigenvalue weighted by Gasteiger charge is 2.35. The van der Waals surface area contributed by atoms with Crippen LogP contribution in [0.15, 0.2) is 0 Å². The minimum atomic E-state index is -0.514. The van der Waals surface area contributed by atoms with Crippen molar-refractivity contribution in [3.63, 3.8) is 0 Å². The summed E-state index contributed by atoms with van der Waals surface area (Å²) in [6.45, 7) is 8.40. The zero-order valence-corrected chi connectivity index (χ0v) is 11.5. The fraction of sp³-hybridized carbons (Fsp3) is 0.923. The number of hydrogen-bond donors (Lipinski definition) is 1. The summed E-state index contributed by atoms with van der Waals surface area (Å²) < 4.78 is 4.97. The van der Waals surface area contributed by atoms with Crippen LogP contribution in [0.25, 0.3) is 0 Å². The maximum absolute atomic E-state index is 11.6.